The molecule has 4 rings (SSSR count). The number of hydrogen-bond donors (Lipinski definition) is 1. The van der Waals surface area contributed by atoms with Gasteiger partial charge in [0.15, 0.2) is 0 Å². The molecular formula is C20H20F3N5O2. The van der Waals surface area contributed by atoms with Crippen LogP contribution in [0.1, 0.15) is 34.5 Å². The molecule has 0 aromatic carbocycles. The maximum absolute atomic E-state index is 12.0. The normalized spacial score (nSPS) is 13.1. The molecule has 0 atom stereocenters. The minimum atomic E-state index is -4.50. The summed E-state index contributed by atoms with van der Waals surface area (Å²) in [5.41, 5.74) is 6.96. The third-order valence-electron chi connectivity index (χ3n) is 4.51. The van der Waals surface area contributed by atoms with Gasteiger partial charge in [0, 0.05) is 42.5 Å². The SMILES string of the molecule is COc1cc(-c2cc3n(n2)CCCC3)ccn1.NC(=O)c1cncc(C(F)(F)F)c1. The first-order valence-corrected chi connectivity index (χ1v) is 9.17. The minimum Gasteiger partial charge on any atom is -0.481 e. The van der Waals surface area contributed by atoms with E-state index in [0.29, 0.717) is 18.1 Å². The number of fused-ring (bicyclic) bond motifs is 1. The van der Waals surface area contributed by atoms with Gasteiger partial charge in [-0.05, 0) is 37.5 Å². The van der Waals surface area contributed by atoms with E-state index in [9.17, 15) is 18.0 Å². The maximum Gasteiger partial charge on any atom is 0.417 e. The fraction of sp³-hybridized carbons (Fsp3) is 0.300. The van der Waals surface area contributed by atoms with Crippen molar-refractivity contribution in [1.82, 2.24) is 19.7 Å². The Morgan fingerprint density at radius 2 is 2.00 bits per heavy atom. The molecule has 1 aliphatic rings. The highest BCUT2D eigenvalue weighted by Crippen LogP contribution is 2.28. The van der Waals surface area contributed by atoms with E-state index < -0.39 is 17.6 Å². The zero-order valence-electron chi connectivity index (χ0n) is 16.2. The summed E-state index contributed by atoms with van der Waals surface area (Å²) < 4.78 is 43.4. The predicted octanol–water partition coefficient (Wildman–Crippen LogP) is 3.49. The Morgan fingerprint density at radius 1 is 1.20 bits per heavy atom. The lowest BCUT2D eigenvalue weighted by Crippen LogP contribution is -2.14. The molecule has 0 radical (unpaired) electrons. The Balaban J connectivity index is 0.000000178. The number of hydrogen-bond acceptors (Lipinski definition) is 5. The first-order valence-electron chi connectivity index (χ1n) is 9.17. The molecule has 1 amide bonds. The average Bonchev–Trinajstić information content (AvgIpc) is 3.18. The molecule has 2 N–H and O–H groups in total. The quantitative estimate of drug-likeness (QED) is 0.701. The Hall–Kier alpha value is -3.43. The number of halogens is 3. The molecule has 0 saturated carbocycles. The van der Waals surface area contributed by atoms with Gasteiger partial charge < -0.3 is 10.5 Å². The Kier molecular flexibility index (Phi) is 6.34. The van der Waals surface area contributed by atoms with Crippen LogP contribution in [0.5, 0.6) is 5.88 Å². The van der Waals surface area contributed by atoms with Crippen LogP contribution in [0.25, 0.3) is 11.3 Å². The van der Waals surface area contributed by atoms with Crippen molar-refractivity contribution in [2.24, 2.45) is 5.73 Å². The van der Waals surface area contributed by atoms with Gasteiger partial charge in [0.1, 0.15) is 0 Å². The van der Waals surface area contributed by atoms with E-state index in [1.54, 1.807) is 13.3 Å². The van der Waals surface area contributed by atoms with Crippen molar-refractivity contribution in [2.75, 3.05) is 7.11 Å². The summed E-state index contributed by atoms with van der Waals surface area (Å²) >= 11 is 0. The van der Waals surface area contributed by atoms with Crippen LogP contribution in [0.4, 0.5) is 13.2 Å². The molecule has 3 aromatic rings. The van der Waals surface area contributed by atoms with Crippen LogP contribution >= 0.6 is 0 Å². The number of aromatic nitrogens is 4. The molecule has 0 saturated heterocycles. The zero-order chi connectivity index (χ0) is 21.7. The Morgan fingerprint density at radius 3 is 2.67 bits per heavy atom. The molecule has 30 heavy (non-hydrogen) atoms. The van der Waals surface area contributed by atoms with Gasteiger partial charge in [0.2, 0.25) is 11.8 Å². The molecule has 10 heteroatoms. The number of ether oxygens (including phenoxy) is 1. The first-order chi connectivity index (χ1) is 14.3. The van der Waals surface area contributed by atoms with Crippen molar-refractivity contribution in [3.8, 4) is 17.1 Å². The highest BCUT2D eigenvalue weighted by molar-refractivity contribution is 5.92. The van der Waals surface area contributed by atoms with Crippen LogP contribution in [0, 0.1) is 0 Å². The number of methoxy groups -OCH3 is 1. The Labute approximate surface area is 170 Å². The Bertz CT molecular complexity index is 1010. The van der Waals surface area contributed by atoms with Gasteiger partial charge in [-0.15, -0.1) is 0 Å². The van der Waals surface area contributed by atoms with Crippen molar-refractivity contribution >= 4 is 5.91 Å². The minimum absolute atomic E-state index is 0.255. The molecule has 0 bridgehead atoms. The number of alkyl halides is 3. The molecule has 3 aromatic heterocycles. The fourth-order valence-electron chi connectivity index (χ4n) is 2.97. The van der Waals surface area contributed by atoms with E-state index in [2.05, 4.69) is 25.8 Å². The van der Waals surface area contributed by atoms with Crippen LogP contribution in [0.15, 0.2) is 42.9 Å². The van der Waals surface area contributed by atoms with E-state index in [4.69, 9.17) is 10.5 Å². The number of carbonyl (C=O) groups is 1. The second-order valence-corrected chi connectivity index (χ2v) is 6.61. The van der Waals surface area contributed by atoms with E-state index >= 15 is 0 Å². The molecular weight excluding hydrogens is 399 g/mol. The van der Waals surface area contributed by atoms with Gasteiger partial charge in [-0.25, -0.2) is 4.98 Å². The predicted molar refractivity (Wildman–Crippen MR) is 103 cm³/mol. The number of primary amides is 1. The molecule has 1 aliphatic heterocycles. The summed E-state index contributed by atoms with van der Waals surface area (Å²) in [7, 11) is 1.63. The lowest BCUT2D eigenvalue weighted by molar-refractivity contribution is -0.137. The van der Waals surface area contributed by atoms with Gasteiger partial charge >= 0.3 is 6.18 Å². The van der Waals surface area contributed by atoms with Crippen molar-refractivity contribution in [2.45, 2.75) is 32.0 Å². The summed E-state index contributed by atoms with van der Waals surface area (Å²) in [5.74, 6) is -0.299. The van der Waals surface area contributed by atoms with Crippen LogP contribution < -0.4 is 10.5 Å². The molecule has 0 fully saturated rings. The fourth-order valence-corrected chi connectivity index (χ4v) is 2.97. The van der Waals surface area contributed by atoms with Crippen LogP contribution in [-0.4, -0.2) is 32.8 Å². The third kappa shape index (κ3) is 5.13. The lowest BCUT2D eigenvalue weighted by Gasteiger charge is -2.11. The largest absolute Gasteiger partial charge is 0.481 e. The van der Waals surface area contributed by atoms with Gasteiger partial charge in [0.05, 0.1) is 23.9 Å². The standard InChI is InChI=1S/C13H15N3O.C7H5F3N2O/c1-17-13-8-10(5-6-14-13)12-9-11-4-2-3-7-16(11)15-12;8-7(9,10)5-1-4(6(11)13)2-12-3-5/h5-6,8-9H,2-4,7H2,1H3;1-3H,(H2,11,13). The summed E-state index contributed by atoms with van der Waals surface area (Å²) in [6, 6.07) is 6.73. The van der Waals surface area contributed by atoms with Crippen molar-refractivity contribution < 1.29 is 22.7 Å². The van der Waals surface area contributed by atoms with Crippen LogP contribution in [-0.2, 0) is 19.1 Å². The molecule has 4 heterocycles. The van der Waals surface area contributed by atoms with E-state index in [1.165, 1.54) is 18.5 Å². The number of rotatable bonds is 3. The number of aryl methyl sites for hydroxylation is 2. The van der Waals surface area contributed by atoms with Gasteiger partial charge in [-0.2, -0.15) is 18.3 Å². The van der Waals surface area contributed by atoms with Crippen molar-refractivity contribution in [3.63, 3.8) is 0 Å². The molecule has 0 spiro atoms. The summed E-state index contributed by atoms with van der Waals surface area (Å²) in [6.07, 6.45) is 2.50. The van der Waals surface area contributed by atoms with E-state index in [0.717, 1.165) is 30.4 Å². The molecule has 0 aliphatic carbocycles. The number of pyridine rings is 2. The molecule has 7 nitrogen and oxygen atoms in total. The monoisotopic (exact) mass is 419 g/mol. The summed E-state index contributed by atoms with van der Waals surface area (Å²) in [4.78, 5) is 17.9. The van der Waals surface area contributed by atoms with Crippen molar-refractivity contribution in [3.05, 3.63) is 59.7 Å². The lowest BCUT2D eigenvalue weighted by atomic mass is 10.1. The number of nitrogens with two attached hydrogens (primary N) is 1. The van der Waals surface area contributed by atoms with Crippen molar-refractivity contribution in [1.29, 1.82) is 0 Å². The second kappa shape index (κ2) is 8.93. The maximum atomic E-state index is 12.0. The number of amides is 1. The number of nitrogens with zero attached hydrogens (tertiary/aromatic N) is 4. The van der Waals surface area contributed by atoms with Gasteiger partial charge in [-0.3, -0.25) is 14.5 Å². The average molecular weight is 419 g/mol. The molecule has 0 unspecified atom stereocenters. The molecule has 158 valence electrons. The van der Waals surface area contributed by atoms with Crippen LogP contribution in [0.3, 0.4) is 0 Å². The highest BCUT2D eigenvalue weighted by Gasteiger charge is 2.31. The highest BCUT2D eigenvalue weighted by atomic mass is 19.4. The van der Waals surface area contributed by atoms with Gasteiger partial charge in [-0.1, -0.05) is 0 Å². The third-order valence-corrected chi connectivity index (χ3v) is 4.51. The van der Waals surface area contributed by atoms with Crippen LogP contribution in [0.2, 0.25) is 0 Å². The smallest absolute Gasteiger partial charge is 0.417 e. The summed E-state index contributed by atoms with van der Waals surface area (Å²) in [5, 5.41) is 4.63. The second-order valence-electron chi connectivity index (χ2n) is 6.61. The van der Waals surface area contributed by atoms with Gasteiger partial charge in [0.25, 0.3) is 0 Å². The van der Waals surface area contributed by atoms with E-state index in [1.807, 2.05) is 12.1 Å². The zero-order valence-corrected chi connectivity index (χ0v) is 16.2. The first kappa shape index (κ1) is 21.3. The number of carbonyl (C=O) groups excluding carboxylic acids is 1. The topological polar surface area (TPSA) is 95.9 Å². The summed E-state index contributed by atoms with van der Waals surface area (Å²) in [6.45, 7) is 1.04. The van der Waals surface area contributed by atoms with E-state index in [-0.39, 0.29) is 5.56 Å².